The maximum absolute atomic E-state index is 12.1. The second-order valence-corrected chi connectivity index (χ2v) is 6.75. The highest BCUT2D eigenvalue weighted by Gasteiger charge is 2.25. The third kappa shape index (κ3) is 3.99. The Hall–Kier alpha value is -1.59. The topological polar surface area (TPSA) is 45.2 Å². The number of aromatic nitrogens is 1. The van der Waals surface area contributed by atoms with Crippen molar-refractivity contribution in [1.29, 1.82) is 0 Å². The number of hydrogen-bond donors (Lipinski definition) is 1. The Morgan fingerprint density at radius 1 is 1.50 bits per heavy atom. The van der Waals surface area contributed by atoms with E-state index in [1.807, 2.05) is 35.8 Å². The largest absolute Gasteiger partial charge is 0.352 e. The molecule has 1 aromatic heterocycles. The van der Waals surface area contributed by atoms with Gasteiger partial charge in [-0.2, -0.15) is 0 Å². The monoisotopic (exact) mass is 335 g/mol. The smallest absolute Gasteiger partial charge is 0.220 e. The molecule has 22 heavy (non-hydrogen) atoms. The van der Waals surface area contributed by atoms with E-state index in [9.17, 15) is 4.79 Å². The first-order chi connectivity index (χ1) is 10.7. The van der Waals surface area contributed by atoms with Crippen molar-refractivity contribution in [3.05, 3.63) is 46.4 Å². The lowest BCUT2D eigenvalue weighted by Crippen LogP contribution is -2.37. The van der Waals surface area contributed by atoms with Crippen LogP contribution in [0.15, 0.2) is 35.8 Å². The van der Waals surface area contributed by atoms with Gasteiger partial charge < -0.3 is 10.2 Å². The molecule has 0 radical (unpaired) electrons. The van der Waals surface area contributed by atoms with Gasteiger partial charge >= 0.3 is 0 Å². The number of nitrogens with one attached hydrogen (secondary N) is 1. The second kappa shape index (κ2) is 7.11. The van der Waals surface area contributed by atoms with Crippen LogP contribution in [0, 0.1) is 0 Å². The first-order valence-electron chi connectivity index (χ1n) is 7.39. The van der Waals surface area contributed by atoms with Gasteiger partial charge in [0.1, 0.15) is 0 Å². The van der Waals surface area contributed by atoms with Crippen molar-refractivity contribution < 1.29 is 4.79 Å². The Bertz CT molecular complexity index is 632. The van der Waals surface area contributed by atoms with Crippen LogP contribution < -0.4 is 10.2 Å². The lowest BCUT2D eigenvalue weighted by atomic mass is 10.1. The average molecular weight is 336 g/mol. The van der Waals surface area contributed by atoms with Crippen LogP contribution >= 0.6 is 22.9 Å². The molecule has 116 valence electrons. The van der Waals surface area contributed by atoms with Crippen LogP contribution in [0.5, 0.6) is 0 Å². The maximum Gasteiger partial charge on any atom is 0.220 e. The first-order valence-corrected chi connectivity index (χ1v) is 8.65. The highest BCUT2D eigenvalue weighted by molar-refractivity contribution is 7.13. The Labute approximate surface area is 139 Å². The summed E-state index contributed by atoms with van der Waals surface area (Å²) in [6, 6.07) is 7.89. The van der Waals surface area contributed by atoms with Gasteiger partial charge in [0.05, 0.1) is 0 Å². The van der Waals surface area contributed by atoms with Gasteiger partial charge in [0, 0.05) is 42.2 Å². The summed E-state index contributed by atoms with van der Waals surface area (Å²) in [5.41, 5.74) is 1.10. The molecule has 4 nitrogen and oxygen atoms in total. The van der Waals surface area contributed by atoms with E-state index in [4.69, 9.17) is 11.6 Å². The molecule has 3 rings (SSSR count). The first kappa shape index (κ1) is 15.3. The summed E-state index contributed by atoms with van der Waals surface area (Å²) < 4.78 is 0. The lowest BCUT2D eigenvalue weighted by molar-refractivity contribution is -0.121. The number of aryl methyl sites for hydroxylation is 1. The van der Waals surface area contributed by atoms with Gasteiger partial charge in [-0.25, -0.2) is 4.98 Å². The summed E-state index contributed by atoms with van der Waals surface area (Å²) in [5.74, 6) is 0.103. The lowest BCUT2D eigenvalue weighted by Gasteiger charge is -2.15. The number of thiazole rings is 1. The summed E-state index contributed by atoms with van der Waals surface area (Å²) in [6.07, 6.45) is 4.00. The van der Waals surface area contributed by atoms with Crippen LogP contribution in [0.1, 0.15) is 18.4 Å². The Morgan fingerprint density at radius 3 is 3.18 bits per heavy atom. The molecule has 1 atom stereocenters. The predicted molar refractivity (Wildman–Crippen MR) is 90.6 cm³/mol. The number of hydrogen-bond acceptors (Lipinski definition) is 4. The molecule has 0 aliphatic carbocycles. The van der Waals surface area contributed by atoms with Crippen molar-refractivity contribution >= 4 is 34.0 Å². The van der Waals surface area contributed by atoms with Crippen molar-refractivity contribution in [3.8, 4) is 0 Å². The minimum Gasteiger partial charge on any atom is -0.352 e. The number of anilines is 1. The predicted octanol–water partition coefficient (Wildman–Crippen LogP) is 3.12. The molecule has 1 amide bonds. The van der Waals surface area contributed by atoms with E-state index in [0.717, 1.165) is 36.6 Å². The van der Waals surface area contributed by atoms with Crippen LogP contribution in [-0.4, -0.2) is 30.0 Å². The molecular formula is C16H18ClN3OS. The molecule has 0 saturated carbocycles. The molecule has 1 aromatic carbocycles. The molecular weight excluding hydrogens is 318 g/mol. The van der Waals surface area contributed by atoms with E-state index in [-0.39, 0.29) is 11.9 Å². The number of amides is 1. The van der Waals surface area contributed by atoms with Crippen LogP contribution in [-0.2, 0) is 11.2 Å². The van der Waals surface area contributed by atoms with Gasteiger partial charge in [0.25, 0.3) is 0 Å². The highest BCUT2D eigenvalue weighted by atomic mass is 35.5. The fourth-order valence-corrected chi connectivity index (χ4v) is 3.57. The van der Waals surface area contributed by atoms with E-state index >= 15 is 0 Å². The fourth-order valence-electron chi connectivity index (χ4n) is 2.67. The number of nitrogens with zero attached hydrogens (tertiary/aromatic N) is 2. The van der Waals surface area contributed by atoms with Crippen LogP contribution in [0.2, 0.25) is 5.02 Å². The molecule has 6 heteroatoms. The van der Waals surface area contributed by atoms with Crippen molar-refractivity contribution in [1.82, 2.24) is 10.3 Å². The van der Waals surface area contributed by atoms with E-state index in [0.29, 0.717) is 11.4 Å². The number of carbonyl (C=O) groups is 1. The summed E-state index contributed by atoms with van der Waals surface area (Å²) >= 11 is 7.59. The van der Waals surface area contributed by atoms with Crippen molar-refractivity contribution in [2.75, 3.05) is 18.0 Å². The molecule has 1 N–H and O–H groups in total. The molecule has 1 saturated heterocycles. The van der Waals surface area contributed by atoms with Gasteiger partial charge in [-0.1, -0.05) is 23.7 Å². The van der Waals surface area contributed by atoms with Gasteiger partial charge in [0.15, 0.2) is 5.13 Å². The Balaban J connectivity index is 1.44. The molecule has 1 aliphatic heterocycles. The number of halogens is 1. The normalized spacial score (nSPS) is 17.7. The van der Waals surface area contributed by atoms with Crippen LogP contribution in [0.25, 0.3) is 0 Å². The quantitative estimate of drug-likeness (QED) is 0.913. The van der Waals surface area contributed by atoms with Crippen molar-refractivity contribution in [2.45, 2.75) is 25.3 Å². The molecule has 1 unspecified atom stereocenters. The van der Waals surface area contributed by atoms with Gasteiger partial charge in [-0.15, -0.1) is 11.3 Å². The zero-order valence-electron chi connectivity index (χ0n) is 12.2. The van der Waals surface area contributed by atoms with Gasteiger partial charge in [-0.3, -0.25) is 4.79 Å². The van der Waals surface area contributed by atoms with E-state index in [1.54, 1.807) is 11.3 Å². The van der Waals surface area contributed by atoms with E-state index in [2.05, 4.69) is 15.2 Å². The molecule has 1 fully saturated rings. The van der Waals surface area contributed by atoms with E-state index in [1.165, 1.54) is 0 Å². The number of rotatable bonds is 5. The van der Waals surface area contributed by atoms with Crippen molar-refractivity contribution in [3.63, 3.8) is 0 Å². The second-order valence-electron chi connectivity index (χ2n) is 5.44. The third-order valence-electron chi connectivity index (χ3n) is 3.77. The summed E-state index contributed by atoms with van der Waals surface area (Å²) in [5, 5.41) is 6.85. The molecule has 0 spiro atoms. The van der Waals surface area contributed by atoms with Crippen molar-refractivity contribution in [2.24, 2.45) is 0 Å². The SMILES string of the molecule is O=C(CCc1cccc(Cl)c1)NC1CCN(c2nccs2)C1. The summed E-state index contributed by atoms with van der Waals surface area (Å²) in [6.45, 7) is 1.79. The Morgan fingerprint density at radius 2 is 2.41 bits per heavy atom. The van der Waals surface area contributed by atoms with E-state index < -0.39 is 0 Å². The Kier molecular flexibility index (Phi) is 4.95. The number of carbonyl (C=O) groups excluding carboxylic acids is 1. The van der Waals surface area contributed by atoms with Gasteiger partial charge in [-0.05, 0) is 30.5 Å². The zero-order valence-corrected chi connectivity index (χ0v) is 13.7. The molecule has 0 bridgehead atoms. The molecule has 2 heterocycles. The standard InChI is InChI=1S/C16H18ClN3OS/c17-13-3-1-2-12(10-13)4-5-15(21)19-14-6-8-20(11-14)16-18-7-9-22-16/h1-3,7,9-10,14H,4-6,8,11H2,(H,19,21). The third-order valence-corrected chi connectivity index (χ3v) is 4.84. The highest BCUT2D eigenvalue weighted by Crippen LogP contribution is 2.22. The summed E-state index contributed by atoms with van der Waals surface area (Å²) in [7, 11) is 0. The zero-order chi connectivity index (χ0) is 15.4. The molecule has 1 aliphatic rings. The number of benzene rings is 1. The van der Waals surface area contributed by atoms with Gasteiger partial charge in [0.2, 0.25) is 5.91 Å². The minimum atomic E-state index is 0.103. The molecule has 2 aromatic rings. The minimum absolute atomic E-state index is 0.103. The summed E-state index contributed by atoms with van der Waals surface area (Å²) in [4.78, 5) is 18.6. The average Bonchev–Trinajstić information content (AvgIpc) is 3.16. The fraction of sp³-hybridized carbons (Fsp3) is 0.375. The van der Waals surface area contributed by atoms with Crippen LogP contribution in [0.3, 0.4) is 0 Å². The maximum atomic E-state index is 12.1. The van der Waals surface area contributed by atoms with Crippen LogP contribution in [0.4, 0.5) is 5.13 Å².